The Morgan fingerprint density at radius 1 is 0.909 bits per heavy atom. The fourth-order valence-corrected chi connectivity index (χ4v) is 4.41. The molecule has 0 aliphatic rings. The first-order valence-electron chi connectivity index (χ1n) is 11.0. The molecule has 5 aromatic rings. The Kier molecular flexibility index (Phi) is 6.30. The summed E-state index contributed by atoms with van der Waals surface area (Å²) in [5, 5.41) is 6.79. The van der Waals surface area contributed by atoms with Gasteiger partial charge in [0.1, 0.15) is 11.6 Å². The first-order chi connectivity index (χ1) is 16.2. The highest BCUT2D eigenvalue weighted by Gasteiger charge is 2.09. The predicted octanol–water partition coefficient (Wildman–Crippen LogP) is 4.64. The number of fused-ring (bicyclic) bond motifs is 1. The molecule has 1 N–H and O–H groups in total. The molecule has 5 rings (SSSR count). The van der Waals surface area contributed by atoms with Gasteiger partial charge in [0, 0.05) is 36.8 Å². The van der Waals surface area contributed by atoms with Crippen LogP contribution in [0.5, 0.6) is 5.75 Å². The van der Waals surface area contributed by atoms with Gasteiger partial charge in [0.05, 0.1) is 13.2 Å². The van der Waals surface area contributed by atoms with E-state index < -0.39 is 0 Å². The van der Waals surface area contributed by atoms with Gasteiger partial charge in [-0.3, -0.25) is 14.5 Å². The minimum atomic E-state index is -0.119. The lowest BCUT2D eigenvalue weighted by Crippen LogP contribution is -2.07. The molecule has 0 unspecified atom stereocenters. The van der Waals surface area contributed by atoms with Crippen LogP contribution in [-0.2, 0) is 25.8 Å². The lowest BCUT2D eigenvalue weighted by molar-refractivity contribution is 0.318. The van der Waals surface area contributed by atoms with Crippen LogP contribution < -0.4 is 9.61 Å². The molecule has 166 valence electrons. The lowest BCUT2D eigenvalue weighted by Gasteiger charge is -2.14. The largest absolute Gasteiger partial charge is 0.493 e. The summed E-state index contributed by atoms with van der Waals surface area (Å²) in [6.07, 6.45) is 5.97. The number of rotatable bonds is 9. The van der Waals surface area contributed by atoms with E-state index in [4.69, 9.17) is 4.74 Å². The average Bonchev–Trinajstić information content (AvgIpc) is 3.50. The number of benzene rings is 3. The molecule has 33 heavy (non-hydrogen) atoms. The molecular formula is C26H24N4O2S. The van der Waals surface area contributed by atoms with Crippen LogP contribution in [0.25, 0.3) is 10.8 Å². The van der Waals surface area contributed by atoms with Crippen molar-refractivity contribution < 1.29 is 4.74 Å². The summed E-state index contributed by atoms with van der Waals surface area (Å²) in [7, 11) is 0. The Balaban J connectivity index is 1.30. The van der Waals surface area contributed by atoms with Crippen molar-refractivity contribution >= 4 is 22.3 Å². The van der Waals surface area contributed by atoms with Crippen molar-refractivity contribution in [1.82, 2.24) is 19.1 Å². The lowest BCUT2D eigenvalue weighted by atomic mass is 10.0. The van der Waals surface area contributed by atoms with Gasteiger partial charge in [-0.2, -0.15) is 9.47 Å². The van der Waals surface area contributed by atoms with Crippen LogP contribution in [-0.4, -0.2) is 25.7 Å². The molecular weight excluding hydrogens is 432 g/mol. The molecule has 0 radical (unpaired) electrons. The van der Waals surface area contributed by atoms with E-state index in [9.17, 15) is 4.79 Å². The van der Waals surface area contributed by atoms with Crippen molar-refractivity contribution in [2.75, 3.05) is 6.61 Å². The van der Waals surface area contributed by atoms with Crippen molar-refractivity contribution in [3.8, 4) is 5.75 Å². The van der Waals surface area contributed by atoms with Gasteiger partial charge in [-0.1, -0.05) is 54.6 Å². The number of hydrogen-bond donors (Lipinski definition) is 1. The van der Waals surface area contributed by atoms with Crippen molar-refractivity contribution in [3.63, 3.8) is 0 Å². The van der Waals surface area contributed by atoms with E-state index in [1.54, 1.807) is 6.20 Å². The zero-order valence-electron chi connectivity index (χ0n) is 18.1. The molecule has 0 saturated heterocycles. The minimum absolute atomic E-state index is 0.119. The van der Waals surface area contributed by atoms with Gasteiger partial charge >= 0.3 is 4.87 Å². The predicted molar refractivity (Wildman–Crippen MR) is 131 cm³/mol. The summed E-state index contributed by atoms with van der Waals surface area (Å²) in [6.45, 7) is 1.28. The Labute approximate surface area is 195 Å². The normalized spacial score (nSPS) is 11.2. The van der Waals surface area contributed by atoms with Gasteiger partial charge in [-0.15, -0.1) is 0 Å². The average molecular weight is 457 g/mol. The van der Waals surface area contributed by atoms with Crippen LogP contribution in [0.4, 0.5) is 0 Å². The number of aromatic nitrogens is 4. The molecule has 0 aliphatic carbocycles. The van der Waals surface area contributed by atoms with Gasteiger partial charge in [0.2, 0.25) is 0 Å². The summed E-state index contributed by atoms with van der Waals surface area (Å²) >= 11 is 0.958. The molecule has 6 nitrogen and oxygen atoms in total. The van der Waals surface area contributed by atoms with Crippen molar-refractivity contribution in [3.05, 3.63) is 111 Å². The molecule has 0 amide bonds. The maximum Gasteiger partial charge on any atom is 0.323 e. The van der Waals surface area contributed by atoms with E-state index in [0.29, 0.717) is 25.4 Å². The van der Waals surface area contributed by atoms with Gasteiger partial charge in [-0.05, 0) is 46.0 Å². The topological polar surface area (TPSA) is 72.8 Å². The van der Waals surface area contributed by atoms with Crippen LogP contribution in [0.1, 0.15) is 22.5 Å². The Morgan fingerprint density at radius 2 is 1.79 bits per heavy atom. The molecule has 0 bridgehead atoms. The van der Waals surface area contributed by atoms with Crippen molar-refractivity contribution in [1.29, 1.82) is 0 Å². The van der Waals surface area contributed by atoms with Gasteiger partial charge in [0.25, 0.3) is 0 Å². The van der Waals surface area contributed by atoms with E-state index in [-0.39, 0.29) is 4.87 Å². The molecule has 0 saturated carbocycles. The number of H-pyrrole nitrogens is 1. The van der Waals surface area contributed by atoms with Crippen LogP contribution >= 0.6 is 11.5 Å². The summed E-state index contributed by atoms with van der Waals surface area (Å²) in [5.74, 6) is 1.59. The van der Waals surface area contributed by atoms with E-state index in [1.165, 1.54) is 16.3 Å². The Bertz CT molecular complexity index is 1410. The molecule has 0 atom stereocenters. The van der Waals surface area contributed by atoms with E-state index >= 15 is 0 Å². The third kappa shape index (κ3) is 5.38. The van der Waals surface area contributed by atoms with Crippen molar-refractivity contribution in [2.24, 2.45) is 0 Å². The number of nitrogens with one attached hydrogen (secondary N) is 1. The van der Waals surface area contributed by atoms with Gasteiger partial charge in [-0.25, -0.2) is 0 Å². The smallest absolute Gasteiger partial charge is 0.323 e. The van der Waals surface area contributed by atoms with Crippen LogP contribution in [0.3, 0.4) is 0 Å². The second kappa shape index (κ2) is 9.83. The minimum Gasteiger partial charge on any atom is -0.493 e. The fourth-order valence-electron chi connectivity index (χ4n) is 3.91. The highest BCUT2D eigenvalue weighted by Crippen LogP contribution is 2.24. The fraction of sp³-hybridized carbons (Fsp3) is 0.192. The number of aromatic amines is 1. The number of aryl methyl sites for hydroxylation is 2. The summed E-state index contributed by atoms with van der Waals surface area (Å²) in [5.41, 5.74) is 3.49. The maximum absolute atomic E-state index is 11.4. The van der Waals surface area contributed by atoms with Gasteiger partial charge in [0.15, 0.2) is 0 Å². The molecule has 3 aromatic carbocycles. The van der Waals surface area contributed by atoms with E-state index in [0.717, 1.165) is 41.3 Å². The van der Waals surface area contributed by atoms with Crippen molar-refractivity contribution in [2.45, 2.75) is 25.8 Å². The van der Waals surface area contributed by atoms with Crippen LogP contribution in [0.2, 0.25) is 0 Å². The quantitative estimate of drug-likeness (QED) is 0.351. The first-order valence-corrected chi connectivity index (χ1v) is 11.7. The zero-order chi connectivity index (χ0) is 22.5. The molecule has 0 spiro atoms. The second-order valence-electron chi connectivity index (χ2n) is 7.97. The molecule has 2 heterocycles. The second-order valence-corrected chi connectivity index (χ2v) is 8.70. The first kappa shape index (κ1) is 21.2. The van der Waals surface area contributed by atoms with Crippen LogP contribution in [0, 0.1) is 0 Å². The molecule has 0 fully saturated rings. The maximum atomic E-state index is 11.4. The number of hydrogen-bond acceptors (Lipinski definition) is 5. The highest BCUT2D eigenvalue weighted by molar-refractivity contribution is 7.02. The number of nitrogens with zero attached hydrogens (tertiary/aromatic N) is 3. The summed E-state index contributed by atoms with van der Waals surface area (Å²) < 4.78 is 12.4. The zero-order valence-corrected chi connectivity index (χ0v) is 18.9. The third-order valence-electron chi connectivity index (χ3n) is 5.61. The van der Waals surface area contributed by atoms with E-state index in [1.807, 2.05) is 16.9 Å². The number of ether oxygens (including phenoxy) is 1. The highest BCUT2D eigenvalue weighted by atomic mass is 32.1. The van der Waals surface area contributed by atoms with Crippen LogP contribution in [0.15, 0.2) is 83.9 Å². The molecule has 0 aliphatic heterocycles. The Morgan fingerprint density at radius 3 is 2.61 bits per heavy atom. The van der Waals surface area contributed by atoms with E-state index in [2.05, 4.69) is 75.1 Å². The van der Waals surface area contributed by atoms with Gasteiger partial charge < -0.3 is 4.74 Å². The SMILES string of the molecule is O=c1[nH]c(CCc2ccc(Cn3cccn3)cc2OCCc2ccc3ccccc3c2)ns1. The Hall–Kier alpha value is -3.71. The third-order valence-corrected chi connectivity index (χ3v) is 6.19. The standard InChI is InChI=1S/C26H24N4O2S/c31-26-28-25(29-33-26)11-10-22-9-7-20(18-30-14-3-13-27-30)17-24(22)32-15-12-19-6-8-21-4-1-2-5-23(21)16-19/h1-9,13-14,16-17H,10-12,15,18H2,(H,28,29,31). The summed E-state index contributed by atoms with van der Waals surface area (Å²) in [4.78, 5) is 14.1. The molecule has 7 heteroatoms. The summed E-state index contributed by atoms with van der Waals surface area (Å²) in [6, 6.07) is 23.2. The monoisotopic (exact) mass is 456 g/mol. The molecule has 2 aromatic heterocycles.